The molecule has 0 amide bonds. The van der Waals surface area contributed by atoms with Crippen molar-refractivity contribution in [3.8, 4) is 5.75 Å². The third-order valence-electron chi connectivity index (χ3n) is 2.31. The number of phenols is 1. The Morgan fingerprint density at radius 1 is 1.28 bits per heavy atom. The number of rotatable bonds is 5. The van der Waals surface area contributed by atoms with E-state index in [0.29, 0.717) is 12.1 Å². The second-order valence-corrected chi connectivity index (χ2v) is 3.58. The number of azide groups is 1. The molecule has 2 atom stereocenters. The van der Waals surface area contributed by atoms with Gasteiger partial charge in [-0.25, -0.2) is 8.78 Å². The molecule has 3 N–H and O–H groups in total. The average molecular weight is 259 g/mol. The van der Waals surface area contributed by atoms with Crippen LogP contribution in [0.5, 0.6) is 5.75 Å². The molecule has 98 valence electrons. The van der Waals surface area contributed by atoms with Crippen molar-refractivity contribution >= 4 is 0 Å². The van der Waals surface area contributed by atoms with Gasteiger partial charge in [0.2, 0.25) is 0 Å². The Balaban J connectivity index is 2.89. The first-order chi connectivity index (χ1) is 8.47. The second-order valence-electron chi connectivity index (χ2n) is 3.58. The predicted molar refractivity (Wildman–Crippen MR) is 57.6 cm³/mol. The van der Waals surface area contributed by atoms with Crippen LogP contribution in [0.15, 0.2) is 17.2 Å². The molecule has 8 heteroatoms. The van der Waals surface area contributed by atoms with E-state index < -0.39 is 35.2 Å². The standard InChI is InChI=1S/C10H11F2N3O3/c11-6-3-5(16)4-7(12)9(6)10(18)8(17)1-2-14-15-13/h3-4,8,10,16-18H,1-2H2. The van der Waals surface area contributed by atoms with Crippen molar-refractivity contribution in [3.63, 3.8) is 0 Å². The van der Waals surface area contributed by atoms with Crippen molar-refractivity contribution in [1.82, 2.24) is 0 Å². The summed E-state index contributed by atoms with van der Waals surface area (Å²) in [5, 5.41) is 31.1. The van der Waals surface area contributed by atoms with Gasteiger partial charge in [0.1, 0.15) is 23.5 Å². The summed E-state index contributed by atoms with van der Waals surface area (Å²) in [6.45, 7) is -0.115. The van der Waals surface area contributed by atoms with Crippen molar-refractivity contribution in [2.45, 2.75) is 18.6 Å². The van der Waals surface area contributed by atoms with E-state index in [-0.39, 0.29) is 13.0 Å². The summed E-state index contributed by atoms with van der Waals surface area (Å²) in [4.78, 5) is 2.44. The third kappa shape index (κ3) is 3.30. The van der Waals surface area contributed by atoms with Gasteiger partial charge >= 0.3 is 0 Å². The molecule has 0 saturated heterocycles. The number of aliphatic hydroxyl groups excluding tert-OH is 2. The highest BCUT2D eigenvalue weighted by Gasteiger charge is 2.25. The summed E-state index contributed by atoms with van der Waals surface area (Å²) < 4.78 is 26.7. The van der Waals surface area contributed by atoms with Crippen LogP contribution in [0, 0.1) is 11.6 Å². The number of nitrogens with zero attached hydrogens (tertiary/aromatic N) is 3. The van der Waals surface area contributed by atoms with E-state index in [0.717, 1.165) is 0 Å². The molecule has 0 spiro atoms. The van der Waals surface area contributed by atoms with Crippen molar-refractivity contribution < 1.29 is 24.1 Å². The van der Waals surface area contributed by atoms with Crippen LogP contribution in [0.2, 0.25) is 0 Å². The van der Waals surface area contributed by atoms with Crippen molar-refractivity contribution in [1.29, 1.82) is 0 Å². The third-order valence-corrected chi connectivity index (χ3v) is 2.31. The van der Waals surface area contributed by atoms with E-state index in [9.17, 15) is 19.0 Å². The summed E-state index contributed by atoms with van der Waals surface area (Å²) in [6, 6.07) is 1.25. The fraction of sp³-hybridized carbons (Fsp3) is 0.400. The van der Waals surface area contributed by atoms with Gasteiger partial charge in [-0.05, 0) is 12.0 Å². The molecule has 0 aliphatic carbocycles. The molecule has 0 fully saturated rings. The lowest BCUT2D eigenvalue weighted by Crippen LogP contribution is -2.21. The highest BCUT2D eigenvalue weighted by molar-refractivity contribution is 5.31. The van der Waals surface area contributed by atoms with Gasteiger partial charge in [-0.3, -0.25) is 0 Å². The molecular weight excluding hydrogens is 248 g/mol. The van der Waals surface area contributed by atoms with Gasteiger partial charge in [-0.2, -0.15) is 0 Å². The molecule has 0 aromatic heterocycles. The lowest BCUT2D eigenvalue weighted by Gasteiger charge is -2.18. The quantitative estimate of drug-likeness (QED) is 0.425. The summed E-state index contributed by atoms with van der Waals surface area (Å²) in [6.07, 6.45) is -3.44. The molecule has 0 aliphatic rings. The Kier molecular flexibility index (Phi) is 4.85. The van der Waals surface area contributed by atoms with E-state index in [1.807, 2.05) is 0 Å². The van der Waals surface area contributed by atoms with Crippen LogP contribution < -0.4 is 0 Å². The van der Waals surface area contributed by atoms with Crippen LogP contribution in [0.1, 0.15) is 18.1 Å². The van der Waals surface area contributed by atoms with E-state index >= 15 is 0 Å². The van der Waals surface area contributed by atoms with Crippen molar-refractivity contribution in [2.75, 3.05) is 6.54 Å². The number of aliphatic hydroxyl groups is 2. The molecule has 0 saturated carbocycles. The van der Waals surface area contributed by atoms with E-state index in [4.69, 9.17) is 10.6 Å². The molecule has 1 aromatic rings. The maximum absolute atomic E-state index is 13.4. The summed E-state index contributed by atoms with van der Waals surface area (Å²) >= 11 is 0. The SMILES string of the molecule is [N-]=[N+]=NCCC(O)C(O)c1c(F)cc(O)cc1F. The van der Waals surface area contributed by atoms with Crippen LogP contribution >= 0.6 is 0 Å². The Bertz CT molecular complexity index is 454. The predicted octanol–water partition coefficient (Wildman–Crippen LogP) is 1.77. The average Bonchev–Trinajstić information content (AvgIpc) is 2.27. The molecule has 6 nitrogen and oxygen atoms in total. The first kappa shape index (κ1) is 14.2. The van der Waals surface area contributed by atoms with Gasteiger partial charge in [0.25, 0.3) is 0 Å². The van der Waals surface area contributed by atoms with Gasteiger partial charge in [0, 0.05) is 23.6 Å². The summed E-state index contributed by atoms with van der Waals surface area (Å²) in [7, 11) is 0. The topological polar surface area (TPSA) is 109 Å². The Hall–Kier alpha value is -1.89. The maximum Gasteiger partial charge on any atom is 0.135 e. The first-order valence-corrected chi connectivity index (χ1v) is 5.02. The zero-order valence-corrected chi connectivity index (χ0v) is 9.16. The molecule has 0 heterocycles. The molecule has 0 bridgehead atoms. The van der Waals surface area contributed by atoms with E-state index in [1.54, 1.807) is 0 Å². The maximum atomic E-state index is 13.4. The number of aromatic hydroxyl groups is 1. The lowest BCUT2D eigenvalue weighted by atomic mass is 10.0. The van der Waals surface area contributed by atoms with E-state index in [1.165, 1.54) is 0 Å². The first-order valence-electron chi connectivity index (χ1n) is 5.02. The van der Waals surface area contributed by atoms with Gasteiger partial charge in [0.15, 0.2) is 0 Å². The number of hydrogen-bond acceptors (Lipinski definition) is 4. The zero-order valence-electron chi connectivity index (χ0n) is 9.16. The lowest BCUT2D eigenvalue weighted by molar-refractivity contribution is 0.0107. The summed E-state index contributed by atoms with van der Waals surface area (Å²) in [5.41, 5.74) is 7.29. The Labute approximate surface area is 101 Å². The largest absolute Gasteiger partial charge is 0.508 e. The van der Waals surface area contributed by atoms with E-state index in [2.05, 4.69) is 10.0 Å². The zero-order chi connectivity index (χ0) is 13.7. The monoisotopic (exact) mass is 259 g/mol. The molecule has 1 rings (SSSR count). The second kappa shape index (κ2) is 6.15. The fourth-order valence-corrected chi connectivity index (χ4v) is 1.44. The molecule has 0 aliphatic heterocycles. The van der Waals surface area contributed by atoms with Crippen LogP contribution in [0.4, 0.5) is 8.78 Å². The van der Waals surface area contributed by atoms with Crippen molar-refractivity contribution in [3.05, 3.63) is 39.8 Å². The number of phenolic OH excluding ortho intramolecular Hbond substituents is 1. The van der Waals surface area contributed by atoms with Gasteiger partial charge in [-0.1, -0.05) is 5.11 Å². The number of halogens is 2. The minimum atomic E-state index is -1.81. The van der Waals surface area contributed by atoms with Gasteiger partial charge in [0.05, 0.1) is 11.7 Å². The normalized spacial score (nSPS) is 13.8. The molecule has 2 unspecified atom stereocenters. The molecular formula is C10H11F2N3O3. The highest BCUT2D eigenvalue weighted by Crippen LogP contribution is 2.27. The number of benzene rings is 1. The Morgan fingerprint density at radius 3 is 2.33 bits per heavy atom. The summed E-state index contributed by atoms with van der Waals surface area (Å²) in [5.74, 6) is -2.95. The van der Waals surface area contributed by atoms with Crippen LogP contribution in [0.25, 0.3) is 10.4 Å². The molecule has 18 heavy (non-hydrogen) atoms. The highest BCUT2D eigenvalue weighted by atomic mass is 19.1. The minimum absolute atomic E-state index is 0.115. The molecule has 0 radical (unpaired) electrons. The minimum Gasteiger partial charge on any atom is -0.508 e. The smallest absolute Gasteiger partial charge is 0.135 e. The van der Waals surface area contributed by atoms with Gasteiger partial charge < -0.3 is 15.3 Å². The Morgan fingerprint density at radius 2 is 1.83 bits per heavy atom. The number of hydrogen-bond donors (Lipinski definition) is 3. The fourth-order valence-electron chi connectivity index (χ4n) is 1.44. The van der Waals surface area contributed by atoms with Gasteiger partial charge in [-0.15, -0.1) is 0 Å². The molecule has 1 aromatic carbocycles. The van der Waals surface area contributed by atoms with Crippen LogP contribution in [0.3, 0.4) is 0 Å². The van der Waals surface area contributed by atoms with Crippen molar-refractivity contribution in [2.24, 2.45) is 5.11 Å². The van der Waals surface area contributed by atoms with Crippen LogP contribution in [-0.2, 0) is 0 Å². The van der Waals surface area contributed by atoms with Crippen LogP contribution in [-0.4, -0.2) is 28.0 Å².